The summed E-state index contributed by atoms with van der Waals surface area (Å²) in [6, 6.07) is 2.41. The normalized spacial score (nSPS) is 16.1. The third-order valence-corrected chi connectivity index (χ3v) is 5.47. The molecule has 1 atom stereocenters. The Morgan fingerprint density at radius 2 is 2.21 bits per heavy atom. The molecule has 102 valence electrons. The van der Waals surface area contributed by atoms with Crippen molar-refractivity contribution in [3.8, 4) is 0 Å². The Kier molecular flexibility index (Phi) is 3.53. The van der Waals surface area contributed by atoms with Gasteiger partial charge >= 0.3 is 0 Å². The van der Waals surface area contributed by atoms with Gasteiger partial charge in [0.25, 0.3) is 0 Å². The standard InChI is InChI=1S/C14H17BrN2OS/c1-8(2)17-13(10(15)7-16-17)14(18)12-6-9-4-3-5-11(9)19-12/h6-8,14,18H,3-5H2,1-2H3. The molecule has 3 rings (SSSR count). The van der Waals surface area contributed by atoms with Crippen LogP contribution in [-0.4, -0.2) is 14.9 Å². The van der Waals surface area contributed by atoms with Crippen LogP contribution in [0.2, 0.25) is 0 Å². The molecule has 0 radical (unpaired) electrons. The van der Waals surface area contributed by atoms with Gasteiger partial charge in [-0.2, -0.15) is 5.10 Å². The SMILES string of the molecule is CC(C)n1ncc(Br)c1C(O)c1cc2c(s1)CCC2. The highest BCUT2D eigenvalue weighted by molar-refractivity contribution is 9.10. The van der Waals surface area contributed by atoms with E-state index in [-0.39, 0.29) is 6.04 Å². The van der Waals surface area contributed by atoms with E-state index < -0.39 is 6.10 Å². The number of hydrogen-bond acceptors (Lipinski definition) is 3. The molecule has 0 aromatic carbocycles. The van der Waals surface area contributed by atoms with Gasteiger partial charge in [-0.1, -0.05) is 0 Å². The van der Waals surface area contributed by atoms with Crippen LogP contribution < -0.4 is 0 Å². The molecular weight excluding hydrogens is 324 g/mol. The number of aryl methyl sites for hydroxylation is 2. The fourth-order valence-electron chi connectivity index (χ4n) is 2.64. The van der Waals surface area contributed by atoms with E-state index in [1.807, 2.05) is 4.68 Å². The van der Waals surface area contributed by atoms with Crippen molar-refractivity contribution < 1.29 is 5.11 Å². The van der Waals surface area contributed by atoms with Crippen LogP contribution in [0.15, 0.2) is 16.7 Å². The first-order chi connectivity index (χ1) is 9.08. The zero-order valence-corrected chi connectivity index (χ0v) is 13.5. The molecule has 19 heavy (non-hydrogen) atoms. The maximum absolute atomic E-state index is 10.7. The summed E-state index contributed by atoms with van der Waals surface area (Å²) in [7, 11) is 0. The summed E-state index contributed by atoms with van der Waals surface area (Å²) < 4.78 is 2.77. The Morgan fingerprint density at radius 3 is 2.89 bits per heavy atom. The molecule has 0 spiro atoms. The number of halogens is 1. The van der Waals surface area contributed by atoms with Crippen LogP contribution in [0.25, 0.3) is 0 Å². The van der Waals surface area contributed by atoms with Crippen LogP contribution in [0.4, 0.5) is 0 Å². The summed E-state index contributed by atoms with van der Waals surface area (Å²) >= 11 is 5.25. The fraction of sp³-hybridized carbons (Fsp3) is 0.500. The molecule has 0 amide bonds. The highest BCUT2D eigenvalue weighted by Crippen LogP contribution is 2.38. The zero-order valence-electron chi connectivity index (χ0n) is 11.1. The average molecular weight is 341 g/mol. The lowest BCUT2D eigenvalue weighted by Crippen LogP contribution is -2.12. The molecule has 0 saturated carbocycles. The number of aromatic nitrogens is 2. The minimum absolute atomic E-state index is 0.239. The lowest BCUT2D eigenvalue weighted by atomic mass is 10.1. The smallest absolute Gasteiger partial charge is 0.131 e. The topological polar surface area (TPSA) is 38.0 Å². The molecule has 2 aromatic heterocycles. The van der Waals surface area contributed by atoms with E-state index in [1.165, 1.54) is 16.9 Å². The Morgan fingerprint density at radius 1 is 1.42 bits per heavy atom. The Labute approximate surface area is 125 Å². The van der Waals surface area contributed by atoms with Crippen molar-refractivity contribution in [2.24, 2.45) is 0 Å². The monoisotopic (exact) mass is 340 g/mol. The number of aliphatic hydroxyl groups excluding tert-OH is 1. The van der Waals surface area contributed by atoms with Gasteiger partial charge in [-0.05, 0) is 60.7 Å². The van der Waals surface area contributed by atoms with Crippen molar-refractivity contribution in [1.29, 1.82) is 0 Å². The van der Waals surface area contributed by atoms with Crippen LogP contribution >= 0.6 is 27.3 Å². The van der Waals surface area contributed by atoms with Gasteiger partial charge in [-0.25, -0.2) is 0 Å². The summed E-state index contributed by atoms with van der Waals surface area (Å²) in [6.07, 6.45) is 4.75. The molecule has 1 unspecified atom stereocenters. The van der Waals surface area contributed by atoms with Gasteiger partial charge in [0.2, 0.25) is 0 Å². The molecule has 0 saturated heterocycles. The second-order valence-corrected chi connectivity index (χ2v) is 7.29. The first kappa shape index (κ1) is 13.3. The van der Waals surface area contributed by atoms with Crippen LogP contribution in [0.1, 0.15) is 53.4 Å². The molecular formula is C14H17BrN2OS. The molecule has 2 aromatic rings. The minimum atomic E-state index is -0.588. The Hall–Kier alpha value is -0.650. The number of rotatable bonds is 3. The summed E-state index contributed by atoms with van der Waals surface area (Å²) in [6.45, 7) is 4.15. The quantitative estimate of drug-likeness (QED) is 0.921. The van der Waals surface area contributed by atoms with Crippen molar-refractivity contribution in [2.45, 2.75) is 45.3 Å². The molecule has 1 aliphatic rings. The summed E-state index contributed by atoms with van der Waals surface area (Å²) in [5, 5.41) is 15.0. The molecule has 3 nitrogen and oxygen atoms in total. The first-order valence-corrected chi connectivity index (χ1v) is 8.21. The third kappa shape index (κ3) is 2.28. The summed E-state index contributed by atoms with van der Waals surface area (Å²) in [5.41, 5.74) is 2.28. The summed E-state index contributed by atoms with van der Waals surface area (Å²) in [5.74, 6) is 0. The Bertz CT molecular complexity index is 581. The van der Waals surface area contributed by atoms with Crippen molar-refractivity contribution in [1.82, 2.24) is 9.78 Å². The van der Waals surface area contributed by atoms with Crippen LogP contribution in [0, 0.1) is 0 Å². The maximum atomic E-state index is 10.7. The van der Waals surface area contributed by atoms with Gasteiger partial charge in [0.05, 0.1) is 16.4 Å². The van der Waals surface area contributed by atoms with Crippen LogP contribution in [0.5, 0.6) is 0 Å². The van der Waals surface area contributed by atoms with Gasteiger partial charge < -0.3 is 5.11 Å². The van der Waals surface area contributed by atoms with Gasteiger partial charge in [0.15, 0.2) is 0 Å². The molecule has 5 heteroatoms. The average Bonchev–Trinajstić information content (AvgIpc) is 3.00. The number of thiophene rings is 1. The van der Waals surface area contributed by atoms with Crippen molar-refractivity contribution in [2.75, 3.05) is 0 Å². The minimum Gasteiger partial charge on any atom is -0.381 e. The molecule has 0 fully saturated rings. The van der Waals surface area contributed by atoms with Gasteiger partial charge in [-0.3, -0.25) is 4.68 Å². The largest absolute Gasteiger partial charge is 0.381 e. The van der Waals surface area contributed by atoms with Gasteiger partial charge in [0.1, 0.15) is 6.10 Å². The van der Waals surface area contributed by atoms with Crippen molar-refractivity contribution >= 4 is 27.3 Å². The highest BCUT2D eigenvalue weighted by Gasteiger charge is 2.25. The van der Waals surface area contributed by atoms with E-state index >= 15 is 0 Å². The molecule has 2 heterocycles. The van der Waals surface area contributed by atoms with Crippen molar-refractivity contribution in [3.05, 3.63) is 37.7 Å². The van der Waals surface area contributed by atoms with Crippen LogP contribution in [0.3, 0.4) is 0 Å². The molecule has 0 aliphatic heterocycles. The zero-order chi connectivity index (χ0) is 13.6. The number of fused-ring (bicyclic) bond motifs is 1. The van der Waals surface area contributed by atoms with E-state index in [0.717, 1.165) is 27.9 Å². The molecule has 1 aliphatic carbocycles. The van der Waals surface area contributed by atoms with E-state index in [9.17, 15) is 5.11 Å². The van der Waals surface area contributed by atoms with E-state index in [1.54, 1.807) is 17.5 Å². The number of hydrogen-bond donors (Lipinski definition) is 1. The predicted molar refractivity (Wildman–Crippen MR) is 80.7 cm³/mol. The lowest BCUT2D eigenvalue weighted by Gasteiger charge is -2.15. The van der Waals surface area contributed by atoms with Crippen molar-refractivity contribution in [3.63, 3.8) is 0 Å². The molecule has 1 N–H and O–H groups in total. The second-order valence-electron chi connectivity index (χ2n) is 5.27. The van der Waals surface area contributed by atoms with E-state index in [2.05, 4.69) is 40.9 Å². The van der Waals surface area contributed by atoms with E-state index in [0.29, 0.717) is 0 Å². The Balaban J connectivity index is 1.99. The third-order valence-electron chi connectivity index (χ3n) is 3.57. The fourth-order valence-corrected chi connectivity index (χ4v) is 4.38. The molecule has 0 bridgehead atoms. The van der Waals surface area contributed by atoms with Crippen LogP contribution in [-0.2, 0) is 12.8 Å². The van der Waals surface area contributed by atoms with Gasteiger partial charge in [0, 0.05) is 15.8 Å². The first-order valence-electron chi connectivity index (χ1n) is 6.60. The predicted octanol–water partition coefficient (Wildman–Crippen LogP) is 3.86. The number of nitrogens with zero attached hydrogens (tertiary/aromatic N) is 2. The summed E-state index contributed by atoms with van der Waals surface area (Å²) in [4.78, 5) is 2.48. The van der Waals surface area contributed by atoms with E-state index in [4.69, 9.17) is 0 Å². The lowest BCUT2D eigenvalue weighted by molar-refractivity contribution is 0.208. The second kappa shape index (κ2) is 5.04. The van der Waals surface area contributed by atoms with Gasteiger partial charge in [-0.15, -0.1) is 11.3 Å². The number of aliphatic hydroxyl groups is 1. The maximum Gasteiger partial charge on any atom is 0.131 e. The highest BCUT2D eigenvalue weighted by atomic mass is 79.9.